The number of fused-ring (bicyclic) bond motifs is 1. The van der Waals surface area contributed by atoms with Crippen molar-refractivity contribution >= 4 is 22.6 Å². The first-order valence-corrected chi connectivity index (χ1v) is 7.48. The molecule has 2 heterocycles. The van der Waals surface area contributed by atoms with E-state index < -0.39 is 0 Å². The number of hydrogen-bond donors (Lipinski definition) is 1. The molecule has 1 aromatic heterocycles. The lowest BCUT2D eigenvalue weighted by Gasteiger charge is -2.22. The van der Waals surface area contributed by atoms with E-state index in [0.717, 1.165) is 35.2 Å². The Morgan fingerprint density at radius 1 is 1.33 bits per heavy atom. The summed E-state index contributed by atoms with van der Waals surface area (Å²) in [7, 11) is 1.83. The molecule has 110 valence electrons. The Balaban J connectivity index is 2.08. The topological polar surface area (TPSA) is 45.2 Å². The van der Waals surface area contributed by atoms with Crippen molar-refractivity contribution in [3.05, 3.63) is 35.9 Å². The molecule has 0 spiro atoms. The fraction of sp³-hybridized carbons (Fsp3) is 0.412. The van der Waals surface area contributed by atoms with Gasteiger partial charge in [-0.25, -0.2) is 4.98 Å². The van der Waals surface area contributed by atoms with Crippen molar-refractivity contribution in [3.8, 4) is 0 Å². The number of carbonyl (C=O) groups excluding carboxylic acids is 1. The lowest BCUT2D eigenvalue weighted by atomic mass is 10.1. The zero-order chi connectivity index (χ0) is 15.0. The Bertz CT molecular complexity index is 683. The van der Waals surface area contributed by atoms with Crippen LogP contribution in [0, 0.1) is 5.92 Å². The van der Waals surface area contributed by atoms with Crippen molar-refractivity contribution in [1.29, 1.82) is 0 Å². The molecule has 1 aromatic carbocycles. The van der Waals surface area contributed by atoms with Crippen molar-refractivity contribution in [2.24, 2.45) is 5.92 Å². The molecular weight excluding hydrogens is 262 g/mol. The summed E-state index contributed by atoms with van der Waals surface area (Å²) in [4.78, 5) is 19.5. The molecule has 1 aliphatic rings. The molecule has 21 heavy (non-hydrogen) atoms. The van der Waals surface area contributed by atoms with Crippen LogP contribution < -0.4 is 5.32 Å². The van der Waals surface area contributed by atoms with Crippen LogP contribution in [-0.2, 0) is 0 Å². The molecule has 1 amide bonds. The Labute approximate surface area is 125 Å². The van der Waals surface area contributed by atoms with E-state index in [4.69, 9.17) is 0 Å². The van der Waals surface area contributed by atoms with E-state index in [-0.39, 0.29) is 5.91 Å². The van der Waals surface area contributed by atoms with Crippen LogP contribution in [0.3, 0.4) is 0 Å². The van der Waals surface area contributed by atoms with Gasteiger partial charge in [0.05, 0.1) is 11.1 Å². The average molecular weight is 283 g/mol. The standard InChI is InChI=1S/C17H21N3O/c1-11-8-12(2)20(10-11)17(21)14-9-16(18-3)19-15-7-5-4-6-13(14)15/h4-7,9,11-12H,8,10H2,1-3H3,(H,18,19). The average Bonchev–Trinajstić information content (AvgIpc) is 2.84. The maximum absolute atomic E-state index is 13.0. The molecule has 0 bridgehead atoms. The van der Waals surface area contributed by atoms with Gasteiger partial charge in [0.1, 0.15) is 5.82 Å². The second kappa shape index (κ2) is 5.35. The molecule has 0 radical (unpaired) electrons. The van der Waals surface area contributed by atoms with Crippen LogP contribution in [0.5, 0.6) is 0 Å². The molecule has 0 aliphatic carbocycles. The maximum atomic E-state index is 13.0. The molecule has 0 saturated carbocycles. The highest BCUT2D eigenvalue weighted by atomic mass is 16.2. The van der Waals surface area contributed by atoms with Gasteiger partial charge < -0.3 is 10.2 Å². The Kier molecular flexibility index (Phi) is 3.53. The summed E-state index contributed by atoms with van der Waals surface area (Å²) in [5.74, 6) is 1.42. The molecule has 4 heteroatoms. The predicted molar refractivity (Wildman–Crippen MR) is 85.6 cm³/mol. The van der Waals surface area contributed by atoms with Crippen molar-refractivity contribution in [2.45, 2.75) is 26.3 Å². The van der Waals surface area contributed by atoms with Gasteiger partial charge in [-0.2, -0.15) is 0 Å². The van der Waals surface area contributed by atoms with Crippen LogP contribution in [0.2, 0.25) is 0 Å². The van der Waals surface area contributed by atoms with Crippen molar-refractivity contribution in [3.63, 3.8) is 0 Å². The number of para-hydroxylation sites is 1. The van der Waals surface area contributed by atoms with Gasteiger partial charge in [-0.1, -0.05) is 25.1 Å². The molecule has 1 aliphatic heterocycles. The van der Waals surface area contributed by atoms with Gasteiger partial charge in [0.25, 0.3) is 5.91 Å². The van der Waals surface area contributed by atoms with E-state index >= 15 is 0 Å². The minimum atomic E-state index is 0.113. The van der Waals surface area contributed by atoms with Crippen LogP contribution in [0.15, 0.2) is 30.3 Å². The number of anilines is 1. The maximum Gasteiger partial charge on any atom is 0.254 e. The number of nitrogens with one attached hydrogen (secondary N) is 1. The van der Waals surface area contributed by atoms with Gasteiger partial charge in [0.15, 0.2) is 0 Å². The number of aromatic nitrogens is 1. The summed E-state index contributed by atoms with van der Waals surface area (Å²) in [5.41, 5.74) is 1.60. The third-order valence-electron chi connectivity index (χ3n) is 4.25. The number of pyridine rings is 1. The molecule has 2 atom stereocenters. The summed E-state index contributed by atoms with van der Waals surface area (Å²) in [6, 6.07) is 9.99. The summed E-state index contributed by atoms with van der Waals surface area (Å²) in [5, 5.41) is 3.97. The van der Waals surface area contributed by atoms with Gasteiger partial charge in [-0.3, -0.25) is 4.79 Å². The predicted octanol–water partition coefficient (Wildman–Crippen LogP) is 3.15. The van der Waals surface area contributed by atoms with E-state index in [0.29, 0.717) is 12.0 Å². The lowest BCUT2D eigenvalue weighted by Crippen LogP contribution is -2.34. The minimum absolute atomic E-state index is 0.113. The summed E-state index contributed by atoms with van der Waals surface area (Å²) in [6.45, 7) is 5.17. The van der Waals surface area contributed by atoms with Crippen LogP contribution in [-0.4, -0.2) is 35.4 Å². The molecule has 1 N–H and O–H groups in total. The fourth-order valence-corrected chi connectivity index (χ4v) is 3.22. The number of hydrogen-bond acceptors (Lipinski definition) is 3. The Hall–Kier alpha value is -2.10. The molecule has 2 aromatic rings. The molecule has 2 unspecified atom stereocenters. The van der Waals surface area contributed by atoms with E-state index in [1.807, 2.05) is 42.3 Å². The summed E-state index contributed by atoms with van der Waals surface area (Å²) < 4.78 is 0. The number of benzene rings is 1. The fourth-order valence-electron chi connectivity index (χ4n) is 3.22. The minimum Gasteiger partial charge on any atom is -0.373 e. The highest BCUT2D eigenvalue weighted by Gasteiger charge is 2.31. The number of likely N-dealkylation sites (tertiary alicyclic amines) is 1. The molecule has 4 nitrogen and oxygen atoms in total. The zero-order valence-electron chi connectivity index (χ0n) is 12.8. The number of rotatable bonds is 2. The molecule has 3 rings (SSSR count). The van der Waals surface area contributed by atoms with Crippen LogP contribution in [0.25, 0.3) is 10.9 Å². The highest BCUT2D eigenvalue weighted by molar-refractivity contribution is 6.07. The van der Waals surface area contributed by atoms with Gasteiger partial charge in [-0.05, 0) is 31.4 Å². The third-order valence-corrected chi connectivity index (χ3v) is 4.25. The number of carbonyl (C=O) groups is 1. The van der Waals surface area contributed by atoms with E-state index in [1.165, 1.54) is 0 Å². The molecular formula is C17H21N3O. The first-order chi connectivity index (χ1) is 10.1. The normalized spacial score (nSPS) is 21.8. The van der Waals surface area contributed by atoms with Crippen LogP contribution >= 0.6 is 0 Å². The van der Waals surface area contributed by atoms with E-state index in [1.54, 1.807) is 0 Å². The third kappa shape index (κ3) is 2.46. The lowest BCUT2D eigenvalue weighted by molar-refractivity contribution is 0.0746. The van der Waals surface area contributed by atoms with Gasteiger partial charge in [0.2, 0.25) is 0 Å². The molecule has 1 saturated heterocycles. The first-order valence-electron chi connectivity index (χ1n) is 7.48. The van der Waals surface area contributed by atoms with Gasteiger partial charge in [-0.15, -0.1) is 0 Å². The Morgan fingerprint density at radius 3 is 2.76 bits per heavy atom. The van der Waals surface area contributed by atoms with Crippen molar-refractivity contribution in [1.82, 2.24) is 9.88 Å². The van der Waals surface area contributed by atoms with Gasteiger partial charge >= 0.3 is 0 Å². The van der Waals surface area contributed by atoms with Crippen molar-refractivity contribution < 1.29 is 4.79 Å². The highest BCUT2D eigenvalue weighted by Crippen LogP contribution is 2.28. The second-order valence-corrected chi connectivity index (χ2v) is 5.97. The van der Waals surface area contributed by atoms with Crippen LogP contribution in [0.1, 0.15) is 30.6 Å². The summed E-state index contributed by atoms with van der Waals surface area (Å²) in [6.07, 6.45) is 1.08. The SMILES string of the molecule is CNc1cc(C(=O)N2CC(C)CC2C)c2ccccc2n1. The van der Waals surface area contributed by atoms with Gasteiger partial charge in [0, 0.05) is 25.0 Å². The van der Waals surface area contributed by atoms with Crippen molar-refractivity contribution in [2.75, 3.05) is 18.9 Å². The number of amides is 1. The smallest absolute Gasteiger partial charge is 0.254 e. The first kappa shape index (κ1) is 13.9. The monoisotopic (exact) mass is 283 g/mol. The largest absolute Gasteiger partial charge is 0.373 e. The van der Waals surface area contributed by atoms with E-state index in [9.17, 15) is 4.79 Å². The Morgan fingerprint density at radius 2 is 2.10 bits per heavy atom. The number of nitrogens with zero attached hydrogens (tertiary/aromatic N) is 2. The second-order valence-electron chi connectivity index (χ2n) is 5.97. The van der Waals surface area contributed by atoms with E-state index in [2.05, 4.69) is 24.1 Å². The summed E-state index contributed by atoms with van der Waals surface area (Å²) >= 11 is 0. The quantitative estimate of drug-likeness (QED) is 0.921. The molecule has 1 fully saturated rings. The zero-order valence-corrected chi connectivity index (χ0v) is 12.8. The van der Waals surface area contributed by atoms with Crippen LogP contribution in [0.4, 0.5) is 5.82 Å².